The molecule has 0 heterocycles. The van der Waals surface area contributed by atoms with Crippen molar-refractivity contribution >= 4 is 23.3 Å². The molecule has 4 nitrogen and oxygen atoms in total. The van der Waals surface area contributed by atoms with E-state index in [9.17, 15) is 10.1 Å². The molecule has 0 unspecified atom stereocenters. The zero-order valence-corrected chi connectivity index (χ0v) is 11.5. The molecular weight excluding hydrogens is 260 g/mol. The second-order valence-corrected chi connectivity index (χ2v) is 5.08. The van der Waals surface area contributed by atoms with Crippen molar-refractivity contribution in [1.82, 2.24) is 0 Å². The Morgan fingerprint density at radius 2 is 1.84 bits per heavy atom. The van der Waals surface area contributed by atoms with Gasteiger partial charge in [0, 0.05) is 11.8 Å². The van der Waals surface area contributed by atoms with Gasteiger partial charge in [0.2, 0.25) is 0 Å². The second-order valence-electron chi connectivity index (χ2n) is 4.23. The number of nitrogens with zero attached hydrogens (tertiary/aromatic N) is 1. The minimum Gasteiger partial charge on any atom is -0.325 e. The molecule has 19 heavy (non-hydrogen) atoms. The quantitative estimate of drug-likeness (QED) is 0.512. The van der Waals surface area contributed by atoms with Gasteiger partial charge < -0.3 is 4.72 Å². The normalized spacial score (nSPS) is 10.2. The first kappa shape index (κ1) is 13.4. The summed E-state index contributed by atoms with van der Waals surface area (Å²) in [5, 5.41) is 10.9. The molecule has 0 saturated heterocycles. The van der Waals surface area contributed by atoms with Gasteiger partial charge in [-0.2, -0.15) is 0 Å². The van der Waals surface area contributed by atoms with Crippen molar-refractivity contribution in [3.8, 4) is 0 Å². The fourth-order valence-corrected chi connectivity index (χ4v) is 2.36. The van der Waals surface area contributed by atoms with E-state index in [2.05, 4.69) is 4.72 Å². The Morgan fingerprint density at radius 1 is 1.11 bits per heavy atom. The number of nitro groups is 1. The van der Waals surface area contributed by atoms with Crippen LogP contribution in [-0.2, 0) is 0 Å². The molecule has 0 radical (unpaired) electrons. The maximum Gasteiger partial charge on any atom is 0.284 e. The Kier molecular flexibility index (Phi) is 4.06. The molecule has 0 amide bonds. The lowest BCUT2D eigenvalue weighted by Crippen LogP contribution is -1.93. The highest BCUT2D eigenvalue weighted by Gasteiger charge is 2.12. The third-order valence-electron chi connectivity index (χ3n) is 2.85. The van der Waals surface area contributed by atoms with Crippen molar-refractivity contribution in [3.05, 3.63) is 63.7 Å². The number of nitro benzene ring substituents is 1. The second kappa shape index (κ2) is 5.75. The number of para-hydroxylation sites is 1. The molecule has 0 atom stereocenters. The van der Waals surface area contributed by atoms with Crippen molar-refractivity contribution in [2.75, 3.05) is 4.72 Å². The summed E-state index contributed by atoms with van der Waals surface area (Å²) in [5.74, 6) is 0. The van der Waals surface area contributed by atoms with Crippen LogP contribution in [0, 0.1) is 24.0 Å². The Hall–Kier alpha value is -2.01. The van der Waals surface area contributed by atoms with Crippen molar-refractivity contribution in [3.63, 3.8) is 0 Å². The number of rotatable bonds is 4. The Bertz CT molecular complexity index is 614. The summed E-state index contributed by atoms with van der Waals surface area (Å²) in [6.07, 6.45) is 0. The number of hydrogen-bond donors (Lipinski definition) is 1. The molecule has 0 saturated carbocycles. The van der Waals surface area contributed by atoms with Crippen LogP contribution in [0.5, 0.6) is 0 Å². The van der Waals surface area contributed by atoms with Gasteiger partial charge in [0.15, 0.2) is 0 Å². The predicted octanol–water partition coefficient (Wildman–Crippen LogP) is 4.33. The van der Waals surface area contributed by atoms with Crippen molar-refractivity contribution < 1.29 is 4.92 Å². The van der Waals surface area contributed by atoms with E-state index in [0.717, 1.165) is 5.69 Å². The van der Waals surface area contributed by atoms with Crippen LogP contribution in [0.4, 0.5) is 11.4 Å². The van der Waals surface area contributed by atoms with Gasteiger partial charge in [-0.1, -0.05) is 18.2 Å². The third-order valence-corrected chi connectivity index (χ3v) is 3.75. The van der Waals surface area contributed by atoms with Gasteiger partial charge in [0.1, 0.15) is 4.90 Å². The van der Waals surface area contributed by atoms with E-state index < -0.39 is 0 Å². The molecule has 0 aromatic heterocycles. The highest BCUT2D eigenvalue weighted by Crippen LogP contribution is 2.29. The van der Waals surface area contributed by atoms with Crippen LogP contribution in [0.2, 0.25) is 0 Å². The first-order chi connectivity index (χ1) is 9.08. The van der Waals surface area contributed by atoms with E-state index in [-0.39, 0.29) is 10.6 Å². The molecule has 2 aromatic carbocycles. The topological polar surface area (TPSA) is 55.2 Å². The third kappa shape index (κ3) is 3.26. The average Bonchev–Trinajstić information content (AvgIpc) is 2.40. The van der Waals surface area contributed by atoms with Gasteiger partial charge in [0.25, 0.3) is 5.69 Å². The zero-order chi connectivity index (χ0) is 13.8. The summed E-state index contributed by atoms with van der Waals surface area (Å²) < 4.78 is 3.14. The van der Waals surface area contributed by atoms with Gasteiger partial charge in [-0.25, -0.2) is 0 Å². The molecule has 0 aliphatic carbocycles. The smallest absolute Gasteiger partial charge is 0.284 e. The van der Waals surface area contributed by atoms with E-state index in [1.54, 1.807) is 18.2 Å². The van der Waals surface area contributed by atoms with Gasteiger partial charge in [0.05, 0.1) is 4.92 Å². The fourth-order valence-electron chi connectivity index (χ4n) is 1.61. The Balaban J connectivity index is 2.14. The van der Waals surface area contributed by atoms with Crippen LogP contribution in [0.1, 0.15) is 11.1 Å². The maximum absolute atomic E-state index is 10.9. The first-order valence-electron chi connectivity index (χ1n) is 5.81. The molecule has 0 bridgehead atoms. The number of aryl methyl sites for hydroxylation is 2. The fraction of sp³-hybridized carbons (Fsp3) is 0.143. The summed E-state index contributed by atoms with van der Waals surface area (Å²) in [4.78, 5) is 11.1. The van der Waals surface area contributed by atoms with Crippen LogP contribution in [0.3, 0.4) is 0 Å². The summed E-state index contributed by atoms with van der Waals surface area (Å²) in [6, 6.07) is 12.7. The van der Waals surface area contributed by atoms with Crippen LogP contribution in [0.15, 0.2) is 47.4 Å². The highest BCUT2D eigenvalue weighted by molar-refractivity contribution is 8.00. The number of benzene rings is 2. The summed E-state index contributed by atoms with van der Waals surface area (Å²) >= 11 is 1.25. The minimum absolute atomic E-state index is 0.115. The SMILES string of the molecule is Cc1ccc(NSc2ccccc2[N+](=O)[O-])cc1C. The molecule has 98 valence electrons. The van der Waals surface area contributed by atoms with Crippen molar-refractivity contribution in [2.24, 2.45) is 0 Å². The monoisotopic (exact) mass is 274 g/mol. The Labute approximate surface area is 116 Å². The molecule has 1 N–H and O–H groups in total. The lowest BCUT2D eigenvalue weighted by molar-refractivity contribution is -0.387. The lowest BCUT2D eigenvalue weighted by Gasteiger charge is -2.08. The predicted molar refractivity (Wildman–Crippen MR) is 78.5 cm³/mol. The molecule has 2 aromatic rings. The number of nitrogens with one attached hydrogen (secondary N) is 1. The van der Waals surface area contributed by atoms with Gasteiger partial charge in [-0.05, 0) is 55.1 Å². The lowest BCUT2D eigenvalue weighted by atomic mass is 10.1. The summed E-state index contributed by atoms with van der Waals surface area (Å²) in [6.45, 7) is 4.09. The van der Waals surface area contributed by atoms with Gasteiger partial charge in [-0.3, -0.25) is 10.1 Å². The number of hydrogen-bond acceptors (Lipinski definition) is 4. The summed E-state index contributed by atoms with van der Waals surface area (Å²) in [7, 11) is 0. The number of anilines is 1. The molecule has 0 spiro atoms. The molecule has 0 aliphatic heterocycles. The minimum atomic E-state index is -0.371. The molecule has 0 aliphatic rings. The van der Waals surface area contributed by atoms with Crippen molar-refractivity contribution in [1.29, 1.82) is 0 Å². The molecule has 0 fully saturated rings. The standard InChI is InChI=1S/C14H14N2O2S/c1-10-7-8-12(9-11(10)2)15-19-14-6-4-3-5-13(14)16(17)18/h3-9,15H,1-2H3. The molecule has 5 heteroatoms. The molecule has 2 rings (SSSR count). The van der Waals surface area contributed by atoms with E-state index >= 15 is 0 Å². The van der Waals surface area contributed by atoms with E-state index in [1.807, 2.05) is 32.0 Å². The van der Waals surface area contributed by atoms with E-state index in [1.165, 1.54) is 29.1 Å². The highest BCUT2D eigenvalue weighted by atomic mass is 32.2. The van der Waals surface area contributed by atoms with Crippen LogP contribution < -0.4 is 4.72 Å². The molecular formula is C14H14N2O2S. The largest absolute Gasteiger partial charge is 0.325 e. The maximum atomic E-state index is 10.9. The first-order valence-corrected chi connectivity index (χ1v) is 6.63. The van der Waals surface area contributed by atoms with Gasteiger partial charge in [-0.15, -0.1) is 0 Å². The van der Waals surface area contributed by atoms with Gasteiger partial charge >= 0.3 is 0 Å². The van der Waals surface area contributed by atoms with Crippen molar-refractivity contribution in [2.45, 2.75) is 18.7 Å². The van der Waals surface area contributed by atoms with E-state index in [0.29, 0.717) is 4.90 Å². The van der Waals surface area contributed by atoms with Crippen LogP contribution >= 0.6 is 11.9 Å². The van der Waals surface area contributed by atoms with E-state index in [4.69, 9.17) is 0 Å². The van der Waals surface area contributed by atoms with Crippen LogP contribution in [-0.4, -0.2) is 4.92 Å². The zero-order valence-electron chi connectivity index (χ0n) is 10.7. The summed E-state index contributed by atoms with van der Waals surface area (Å²) in [5.41, 5.74) is 3.46. The average molecular weight is 274 g/mol. The van der Waals surface area contributed by atoms with Crippen LogP contribution in [0.25, 0.3) is 0 Å². The Morgan fingerprint density at radius 3 is 2.53 bits per heavy atom.